The Kier molecular flexibility index (Phi) is 6.25. The number of halogens is 3. The molecule has 0 saturated heterocycles. The summed E-state index contributed by atoms with van der Waals surface area (Å²) in [5.41, 5.74) is 1.95. The maximum atomic E-state index is 13.4. The SMILES string of the molecule is CC(CO)NSNc1c(Cl)c(C(=O)Nc2ccc(F)c(F)c2)n2c1CCC2. The van der Waals surface area contributed by atoms with Crippen molar-refractivity contribution in [2.75, 3.05) is 16.6 Å². The average Bonchev–Trinajstić information content (AvgIpc) is 3.19. The largest absolute Gasteiger partial charge is 0.395 e. The molecule has 1 aliphatic heterocycles. The second-order valence-electron chi connectivity index (χ2n) is 6.23. The Labute approximate surface area is 164 Å². The van der Waals surface area contributed by atoms with Crippen molar-refractivity contribution in [3.63, 3.8) is 0 Å². The van der Waals surface area contributed by atoms with Crippen molar-refractivity contribution in [3.05, 3.63) is 46.2 Å². The molecule has 3 rings (SSSR count). The number of amides is 1. The molecule has 4 N–H and O–H groups in total. The van der Waals surface area contributed by atoms with E-state index < -0.39 is 17.5 Å². The Hall–Kier alpha value is -1.81. The van der Waals surface area contributed by atoms with Gasteiger partial charge in [-0.15, -0.1) is 0 Å². The molecule has 1 aromatic heterocycles. The van der Waals surface area contributed by atoms with Crippen molar-refractivity contribution in [2.24, 2.45) is 0 Å². The fourth-order valence-corrected chi connectivity index (χ4v) is 3.91. The number of aromatic nitrogens is 1. The first-order chi connectivity index (χ1) is 12.9. The van der Waals surface area contributed by atoms with E-state index in [1.807, 2.05) is 11.5 Å². The van der Waals surface area contributed by atoms with E-state index in [-0.39, 0.29) is 29.1 Å². The molecule has 1 aromatic carbocycles. The maximum Gasteiger partial charge on any atom is 0.273 e. The van der Waals surface area contributed by atoms with Crippen LogP contribution >= 0.6 is 23.7 Å². The van der Waals surface area contributed by atoms with Crippen LogP contribution in [0.25, 0.3) is 0 Å². The van der Waals surface area contributed by atoms with Gasteiger partial charge in [0.05, 0.1) is 17.3 Å². The van der Waals surface area contributed by atoms with Gasteiger partial charge in [0.2, 0.25) is 0 Å². The first-order valence-corrected chi connectivity index (χ1v) is 9.57. The molecular formula is C17H19ClF2N4O2S. The Bertz CT molecular complexity index is 862. The van der Waals surface area contributed by atoms with Crippen molar-refractivity contribution in [3.8, 4) is 0 Å². The molecule has 1 aliphatic rings. The summed E-state index contributed by atoms with van der Waals surface area (Å²) in [5, 5.41) is 11.9. The Morgan fingerprint density at radius 3 is 2.89 bits per heavy atom. The number of aliphatic hydroxyl groups excluding tert-OH is 1. The van der Waals surface area contributed by atoms with Crippen molar-refractivity contribution in [1.29, 1.82) is 0 Å². The van der Waals surface area contributed by atoms with Gasteiger partial charge in [0.1, 0.15) is 5.69 Å². The third kappa shape index (κ3) is 4.21. The van der Waals surface area contributed by atoms with Crippen LogP contribution in [0.15, 0.2) is 18.2 Å². The molecule has 0 spiro atoms. The number of nitrogens with zero attached hydrogens (tertiary/aromatic N) is 1. The topological polar surface area (TPSA) is 78.3 Å². The van der Waals surface area contributed by atoms with Gasteiger partial charge in [-0.25, -0.2) is 13.5 Å². The van der Waals surface area contributed by atoms with E-state index in [9.17, 15) is 13.6 Å². The first-order valence-electron chi connectivity index (χ1n) is 8.37. The number of hydrogen-bond donors (Lipinski definition) is 4. The van der Waals surface area contributed by atoms with E-state index in [1.165, 1.54) is 18.2 Å². The summed E-state index contributed by atoms with van der Waals surface area (Å²) < 4.78 is 34.4. The average molecular weight is 417 g/mol. The third-order valence-electron chi connectivity index (χ3n) is 4.19. The summed E-state index contributed by atoms with van der Waals surface area (Å²) >= 11 is 7.62. The second kappa shape index (κ2) is 8.47. The molecule has 2 heterocycles. The molecule has 0 fully saturated rings. The standard InChI is InChI=1S/C17H19ClF2N4O2S/c1-9(8-25)22-27-23-15-13-3-2-6-24(13)16(14(15)18)17(26)21-10-4-5-11(19)12(20)7-10/h4-5,7,9,22-23,25H,2-3,6,8H2,1H3,(H,21,26). The van der Waals surface area contributed by atoms with E-state index in [0.29, 0.717) is 12.2 Å². The van der Waals surface area contributed by atoms with Crippen LogP contribution in [0.1, 0.15) is 29.5 Å². The second-order valence-corrected chi connectivity index (χ2v) is 7.25. The molecule has 10 heteroatoms. The zero-order valence-corrected chi connectivity index (χ0v) is 16.1. The minimum absolute atomic E-state index is 0.0157. The zero-order valence-electron chi connectivity index (χ0n) is 14.5. The predicted octanol–water partition coefficient (Wildman–Crippen LogP) is 3.56. The number of benzene rings is 1. The van der Waals surface area contributed by atoms with Crippen LogP contribution in [0.3, 0.4) is 0 Å². The molecule has 0 radical (unpaired) electrons. The summed E-state index contributed by atoms with van der Waals surface area (Å²) in [5.74, 6) is -2.52. The van der Waals surface area contributed by atoms with Crippen LogP contribution in [0.5, 0.6) is 0 Å². The molecule has 1 atom stereocenters. The molecular weight excluding hydrogens is 398 g/mol. The highest BCUT2D eigenvalue weighted by Crippen LogP contribution is 2.38. The number of nitrogens with one attached hydrogen (secondary N) is 3. The lowest BCUT2D eigenvalue weighted by molar-refractivity contribution is 0.101. The lowest BCUT2D eigenvalue weighted by Crippen LogP contribution is -2.24. The van der Waals surface area contributed by atoms with Crippen LogP contribution < -0.4 is 14.8 Å². The molecule has 0 saturated carbocycles. The number of carbonyl (C=O) groups excluding carboxylic acids is 1. The zero-order chi connectivity index (χ0) is 19.6. The molecule has 0 bridgehead atoms. The van der Waals surface area contributed by atoms with E-state index in [4.69, 9.17) is 16.7 Å². The number of carbonyl (C=O) groups is 1. The monoisotopic (exact) mass is 416 g/mol. The minimum Gasteiger partial charge on any atom is -0.395 e. The number of aliphatic hydroxyl groups is 1. The van der Waals surface area contributed by atoms with Crippen LogP contribution in [0.4, 0.5) is 20.2 Å². The van der Waals surface area contributed by atoms with E-state index in [0.717, 1.165) is 30.7 Å². The molecule has 27 heavy (non-hydrogen) atoms. The van der Waals surface area contributed by atoms with Gasteiger partial charge >= 0.3 is 0 Å². The van der Waals surface area contributed by atoms with E-state index in [2.05, 4.69) is 14.8 Å². The fourth-order valence-electron chi connectivity index (χ4n) is 2.85. The molecule has 6 nitrogen and oxygen atoms in total. The smallest absolute Gasteiger partial charge is 0.273 e. The summed E-state index contributed by atoms with van der Waals surface area (Å²) in [6.07, 6.45) is 1.63. The minimum atomic E-state index is -1.04. The first kappa shape index (κ1) is 19.9. The Morgan fingerprint density at radius 1 is 1.41 bits per heavy atom. The van der Waals surface area contributed by atoms with Crippen LogP contribution in [-0.4, -0.2) is 28.2 Å². The highest BCUT2D eigenvalue weighted by atomic mass is 35.5. The Balaban J connectivity index is 1.81. The molecule has 1 amide bonds. The van der Waals surface area contributed by atoms with Gasteiger partial charge in [0, 0.05) is 42.2 Å². The lowest BCUT2D eigenvalue weighted by Gasteiger charge is -2.11. The summed E-state index contributed by atoms with van der Waals surface area (Å²) in [4.78, 5) is 12.7. The van der Waals surface area contributed by atoms with Gasteiger partial charge < -0.3 is 19.7 Å². The van der Waals surface area contributed by atoms with Crippen molar-refractivity contribution >= 4 is 41.0 Å². The van der Waals surface area contributed by atoms with Crippen LogP contribution in [-0.2, 0) is 13.0 Å². The summed E-state index contributed by atoms with van der Waals surface area (Å²) in [6.45, 7) is 2.45. The van der Waals surface area contributed by atoms with Crippen LogP contribution in [0, 0.1) is 11.6 Å². The fraction of sp³-hybridized carbons (Fsp3) is 0.353. The number of fused-ring (bicyclic) bond motifs is 1. The van der Waals surface area contributed by atoms with Crippen molar-refractivity contribution < 1.29 is 18.7 Å². The number of rotatable bonds is 7. The number of hydrogen-bond acceptors (Lipinski definition) is 5. The van der Waals surface area contributed by atoms with Crippen molar-refractivity contribution in [1.82, 2.24) is 9.29 Å². The quantitative estimate of drug-likeness (QED) is 0.519. The maximum absolute atomic E-state index is 13.4. The van der Waals surface area contributed by atoms with Gasteiger partial charge in [-0.1, -0.05) is 11.6 Å². The van der Waals surface area contributed by atoms with Gasteiger partial charge in [0.15, 0.2) is 11.6 Å². The third-order valence-corrected chi connectivity index (χ3v) is 5.38. The highest BCUT2D eigenvalue weighted by molar-refractivity contribution is 7.98. The summed E-state index contributed by atoms with van der Waals surface area (Å²) in [6, 6.07) is 3.04. The molecule has 1 unspecified atom stereocenters. The van der Waals surface area contributed by atoms with Gasteiger partial charge in [-0.2, -0.15) is 0 Å². The normalized spacial score (nSPS) is 14.1. The van der Waals surface area contributed by atoms with Gasteiger partial charge in [-0.3, -0.25) is 4.79 Å². The highest BCUT2D eigenvalue weighted by Gasteiger charge is 2.29. The van der Waals surface area contributed by atoms with Gasteiger partial charge in [0.25, 0.3) is 5.91 Å². The Morgan fingerprint density at radius 2 is 2.19 bits per heavy atom. The molecule has 146 valence electrons. The van der Waals surface area contributed by atoms with Crippen molar-refractivity contribution in [2.45, 2.75) is 32.4 Å². The van der Waals surface area contributed by atoms with E-state index >= 15 is 0 Å². The lowest BCUT2D eigenvalue weighted by atomic mass is 10.2. The molecule has 0 aliphatic carbocycles. The van der Waals surface area contributed by atoms with Crippen LogP contribution in [0.2, 0.25) is 5.02 Å². The molecule has 2 aromatic rings. The number of anilines is 2. The summed E-state index contributed by atoms with van der Waals surface area (Å²) in [7, 11) is 0. The van der Waals surface area contributed by atoms with Gasteiger partial charge in [-0.05, 0) is 31.9 Å². The predicted molar refractivity (Wildman–Crippen MR) is 103 cm³/mol. The van der Waals surface area contributed by atoms with E-state index in [1.54, 1.807) is 0 Å².